The molecule has 1 fully saturated rings. The van der Waals surface area contributed by atoms with Crippen LogP contribution in [0.3, 0.4) is 0 Å². The maximum absolute atomic E-state index is 13.4. The summed E-state index contributed by atoms with van der Waals surface area (Å²) in [4.78, 5) is 43.1. The topological polar surface area (TPSA) is 64.3 Å². The lowest BCUT2D eigenvalue weighted by atomic mass is 10.2. The Labute approximate surface area is 183 Å². The molecule has 0 unspecified atom stereocenters. The van der Waals surface area contributed by atoms with Crippen molar-refractivity contribution in [3.8, 4) is 5.69 Å². The van der Waals surface area contributed by atoms with Gasteiger partial charge >= 0.3 is 5.69 Å². The van der Waals surface area contributed by atoms with E-state index in [1.165, 1.54) is 15.9 Å². The summed E-state index contributed by atoms with van der Waals surface area (Å²) in [6, 6.07) is 6.58. The lowest BCUT2D eigenvalue weighted by Gasteiger charge is -2.21. The Kier molecular flexibility index (Phi) is 5.84. The number of likely N-dealkylation sites (tertiary alicyclic amines) is 1. The molecule has 3 aromatic rings. The summed E-state index contributed by atoms with van der Waals surface area (Å²) in [5, 5.41) is 1.02. The molecule has 0 radical (unpaired) electrons. The highest BCUT2D eigenvalue weighted by Gasteiger charge is 2.23. The fourth-order valence-electron chi connectivity index (χ4n) is 3.97. The van der Waals surface area contributed by atoms with Gasteiger partial charge in [-0.3, -0.25) is 14.2 Å². The second kappa shape index (κ2) is 8.40. The predicted octanol–water partition coefficient (Wildman–Crippen LogP) is 3.89. The number of benzene rings is 1. The van der Waals surface area contributed by atoms with E-state index >= 15 is 0 Å². The van der Waals surface area contributed by atoms with Crippen LogP contribution < -0.4 is 11.2 Å². The summed E-state index contributed by atoms with van der Waals surface area (Å²) >= 11 is 7.37. The number of hydrogen-bond acceptors (Lipinski definition) is 4. The Bertz CT molecular complexity index is 1220. The number of nitrogens with zero attached hydrogens (tertiary/aromatic N) is 3. The fourth-order valence-corrected chi connectivity index (χ4v) is 5.24. The fraction of sp³-hybridized carbons (Fsp3) is 0.409. The maximum atomic E-state index is 13.4. The Morgan fingerprint density at radius 3 is 2.30 bits per heavy atom. The Hall–Kier alpha value is -2.38. The van der Waals surface area contributed by atoms with Crippen LogP contribution in [0.5, 0.6) is 0 Å². The van der Waals surface area contributed by atoms with Crippen LogP contribution in [0.25, 0.3) is 15.9 Å². The smallest absolute Gasteiger partial charge is 0.337 e. The largest absolute Gasteiger partial charge is 0.341 e. The number of aromatic nitrogens is 2. The highest BCUT2D eigenvalue weighted by atomic mass is 35.5. The van der Waals surface area contributed by atoms with Gasteiger partial charge in [0.2, 0.25) is 5.91 Å². The van der Waals surface area contributed by atoms with Gasteiger partial charge in [-0.15, -0.1) is 11.3 Å². The van der Waals surface area contributed by atoms with E-state index in [4.69, 9.17) is 11.6 Å². The molecule has 0 aliphatic carbocycles. The average Bonchev–Trinajstić information content (AvgIpc) is 2.90. The molecule has 1 aliphatic heterocycles. The van der Waals surface area contributed by atoms with Crippen molar-refractivity contribution in [2.24, 2.45) is 0 Å². The number of carbonyl (C=O) groups is 1. The van der Waals surface area contributed by atoms with E-state index in [1.54, 1.807) is 24.3 Å². The van der Waals surface area contributed by atoms with Gasteiger partial charge in [-0.25, -0.2) is 9.36 Å². The first-order valence-corrected chi connectivity index (χ1v) is 11.4. The van der Waals surface area contributed by atoms with Gasteiger partial charge in [0, 0.05) is 23.0 Å². The molecular formula is C22H24ClN3O3S. The van der Waals surface area contributed by atoms with Crippen LogP contribution in [0.15, 0.2) is 33.9 Å². The van der Waals surface area contributed by atoms with Gasteiger partial charge in [0.15, 0.2) is 0 Å². The van der Waals surface area contributed by atoms with Crippen molar-refractivity contribution in [1.82, 2.24) is 14.0 Å². The van der Waals surface area contributed by atoms with Gasteiger partial charge < -0.3 is 4.90 Å². The third-order valence-electron chi connectivity index (χ3n) is 5.79. The molecule has 0 bridgehead atoms. The Balaban J connectivity index is 1.89. The summed E-state index contributed by atoms with van der Waals surface area (Å²) in [7, 11) is 0. The van der Waals surface area contributed by atoms with Crippen LogP contribution in [-0.4, -0.2) is 33.0 Å². The zero-order chi connectivity index (χ0) is 21.4. The van der Waals surface area contributed by atoms with Crippen molar-refractivity contribution in [3.05, 3.63) is 60.6 Å². The van der Waals surface area contributed by atoms with Crippen molar-refractivity contribution in [2.45, 2.75) is 46.1 Å². The minimum Gasteiger partial charge on any atom is -0.341 e. The van der Waals surface area contributed by atoms with E-state index in [0.29, 0.717) is 20.9 Å². The SMILES string of the molecule is Cc1sc2c(c1C)c(=O)n(-c1ccc(Cl)cc1)c(=O)n2CC(=O)N1CCCCCC1. The third-order valence-corrected chi connectivity index (χ3v) is 7.27. The van der Waals surface area contributed by atoms with Gasteiger partial charge in [-0.05, 0) is 56.5 Å². The molecule has 0 spiro atoms. The number of amides is 1. The molecule has 30 heavy (non-hydrogen) atoms. The van der Waals surface area contributed by atoms with Crippen molar-refractivity contribution in [3.63, 3.8) is 0 Å². The molecule has 0 atom stereocenters. The molecule has 1 aromatic carbocycles. The van der Waals surface area contributed by atoms with Crippen LogP contribution in [0.1, 0.15) is 36.1 Å². The number of fused-ring (bicyclic) bond motifs is 1. The van der Waals surface area contributed by atoms with E-state index in [0.717, 1.165) is 53.8 Å². The third kappa shape index (κ3) is 3.72. The lowest BCUT2D eigenvalue weighted by Crippen LogP contribution is -2.42. The first kappa shape index (κ1) is 20.9. The van der Waals surface area contributed by atoms with Gasteiger partial charge in [0.05, 0.1) is 11.1 Å². The second-order valence-electron chi connectivity index (χ2n) is 7.74. The number of thiophene rings is 1. The summed E-state index contributed by atoms with van der Waals surface area (Å²) in [5.74, 6) is -0.0784. The molecule has 1 saturated heterocycles. The molecule has 1 aliphatic rings. The summed E-state index contributed by atoms with van der Waals surface area (Å²) in [5.41, 5.74) is 0.422. The van der Waals surface area contributed by atoms with Crippen LogP contribution in [-0.2, 0) is 11.3 Å². The summed E-state index contributed by atoms with van der Waals surface area (Å²) < 4.78 is 2.61. The number of halogens is 1. The van der Waals surface area contributed by atoms with E-state index in [9.17, 15) is 14.4 Å². The molecule has 4 rings (SSSR count). The first-order chi connectivity index (χ1) is 14.4. The van der Waals surface area contributed by atoms with Crippen LogP contribution in [0.2, 0.25) is 5.02 Å². The summed E-state index contributed by atoms with van der Waals surface area (Å²) in [6.45, 7) is 5.18. The minimum atomic E-state index is -0.501. The van der Waals surface area contributed by atoms with Gasteiger partial charge in [-0.2, -0.15) is 0 Å². The molecule has 158 valence electrons. The minimum absolute atomic E-state index is 0.0669. The number of carbonyl (C=O) groups excluding carboxylic acids is 1. The monoisotopic (exact) mass is 445 g/mol. The number of rotatable bonds is 3. The van der Waals surface area contributed by atoms with E-state index in [1.807, 2.05) is 18.7 Å². The highest BCUT2D eigenvalue weighted by molar-refractivity contribution is 7.18. The van der Waals surface area contributed by atoms with Crippen molar-refractivity contribution in [2.75, 3.05) is 13.1 Å². The molecule has 2 aromatic heterocycles. The molecule has 8 heteroatoms. The Morgan fingerprint density at radius 2 is 1.67 bits per heavy atom. The van der Waals surface area contributed by atoms with Crippen LogP contribution in [0.4, 0.5) is 0 Å². The quantitative estimate of drug-likeness (QED) is 0.614. The van der Waals surface area contributed by atoms with Crippen molar-refractivity contribution in [1.29, 1.82) is 0 Å². The van der Waals surface area contributed by atoms with Gasteiger partial charge in [-0.1, -0.05) is 24.4 Å². The molecule has 1 amide bonds. The standard InChI is InChI=1S/C22H24ClN3O3S/c1-14-15(2)30-21-19(14)20(28)26(17-9-7-16(23)8-10-17)22(29)25(21)13-18(27)24-11-5-3-4-6-12-24/h7-10H,3-6,11-13H2,1-2H3. The van der Waals surface area contributed by atoms with Crippen molar-refractivity contribution >= 4 is 39.1 Å². The van der Waals surface area contributed by atoms with E-state index in [2.05, 4.69) is 0 Å². The van der Waals surface area contributed by atoms with E-state index < -0.39 is 5.69 Å². The Morgan fingerprint density at radius 1 is 1.03 bits per heavy atom. The van der Waals surface area contributed by atoms with Crippen molar-refractivity contribution < 1.29 is 4.79 Å². The second-order valence-corrected chi connectivity index (χ2v) is 9.38. The number of hydrogen-bond donors (Lipinski definition) is 0. The maximum Gasteiger partial charge on any atom is 0.337 e. The molecule has 0 N–H and O–H groups in total. The zero-order valence-corrected chi connectivity index (χ0v) is 18.7. The molecular weight excluding hydrogens is 422 g/mol. The summed E-state index contributed by atoms with van der Waals surface area (Å²) in [6.07, 6.45) is 4.21. The zero-order valence-electron chi connectivity index (χ0n) is 17.1. The van der Waals surface area contributed by atoms with Crippen LogP contribution >= 0.6 is 22.9 Å². The molecule has 3 heterocycles. The first-order valence-electron chi connectivity index (χ1n) is 10.2. The predicted molar refractivity (Wildman–Crippen MR) is 121 cm³/mol. The molecule has 0 saturated carbocycles. The average molecular weight is 446 g/mol. The van der Waals surface area contributed by atoms with Crippen LogP contribution in [0, 0.1) is 13.8 Å². The lowest BCUT2D eigenvalue weighted by molar-refractivity contribution is -0.131. The van der Waals surface area contributed by atoms with Gasteiger partial charge in [0.1, 0.15) is 11.4 Å². The highest BCUT2D eigenvalue weighted by Crippen LogP contribution is 2.27. The van der Waals surface area contributed by atoms with Gasteiger partial charge in [0.25, 0.3) is 5.56 Å². The van der Waals surface area contributed by atoms with E-state index in [-0.39, 0.29) is 18.0 Å². The number of aryl methyl sites for hydroxylation is 2. The normalized spacial score (nSPS) is 14.8. The molecule has 6 nitrogen and oxygen atoms in total.